The van der Waals surface area contributed by atoms with E-state index in [0.717, 1.165) is 69.5 Å². The third-order valence-electron chi connectivity index (χ3n) is 6.86. The van der Waals surface area contributed by atoms with E-state index in [1.165, 1.54) is 5.56 Å². The van der Waals surface area contributed by atoms with Crippen molar-refractivity contribution >= 4 is 32.8 Å². The quantitative estimate of drug-likeness (QED) is 0.183. The summed E-state index contributed by atoms with van der Waals surface area (Å²) in [6, 6.07) is 10.5. The summed E-state index contributed by atoms with van der Waals surface area (Å²) in [5, 5.41) is 24.0. The van der Waals surface area contributed by atoms with Gasteiger partial charge in [0.2, 0.25) is 5.88 Å². The number of hydrogen-bond acceptors (Lipinski definition) is 6. The first kappa shape index (κ1) is 28.2. The molecule has 0 atom stereocenters. The lowest BCUT2D eigenvalue weighted by atomic mass is 9.78. The van der Waals surface area contributed by atoms with Gasteiger partial charge < -0.3 is 14.9 Å². The third-order valence-corrected chi connectivity index (χ3v) is 8.72. The van der Waals surface area contributed by atoms with Gasteiger partial charge in [0.15, 0.2) is 0 Å². The highest BCUT2D eigenvalue weighted by Gasteiger charge is 2.26. The number of benzene rings is 2. The van der Waals surface area contributed by atoms with E-state index >= 15 is 0 Å². The Morgan fingerprint density at radius 1 is 0.921 bits per heavy atom. The van der Waals surface area contributed by atoms with Crippen LogP contribution in [0.2, 0.25) is 0 Å². The zero-order chi connectivity index (χ0) is 27.7. The standard InChI is InChI=1S/C31H39NO4S2/c1-30(2,3)22-16-19(17-23(26(22)33)31(4,5)6)10-8-7-9-14-36-24-12-11-20(27-21(24)13-15-37-27)18-25-28(34)32-29(35)38-25/h11-13,15-17,33-34H,7-10,14,18H2,1-6H3,(H,32,35). The SMILES string of the molecule is CC(C)(C)c1cc(CCCCCOc2ccc(Cc3sc(=O)[nH]c3O)c3sccc23)cc(C(C)(C)C)c1O. The predicted octanol–water partition coefficient (Wildman–Crippen LogP) is 8.04. The number of aromatic nitrogens is 1. The van der Waals surface area contributed by atoms with E-state index < -0.39 is 0 Å². The maximum absolute atomic E-state index is 11.5. The van der Waals surface area contributed by atoms with Crippen LogP contribution in [-0.2, 0) is 23.7 Å². The predicted molar refractivity (Wildman–Crippen MR) is 160 cm³/mol. The van der Waals surface area contributed by atoms with E-state index in [-0.39, 0.29) is 21.6 Å². The molecule has 0 bridgehead atoms. The Morgan fingerprint density at radius 3 is 2.21 bits per heavy atom. The number of nitrogens with one attached hydrogen (secondary N) is 1. The monoisotopic (exact) mass is 553 g/mol. The van der Waals surface area contributed by atoms with E-state index in [2.05, 4.69) is 70.1 Å². The lowest BCUT2D eigenvalue weighted by Crippen LogP contribution is -2.18. The Bertz CT molecular complexity index is 1430. The van der Waals surface area contributed by atoms with Gasteiger partial charge in [-0.2, -0.15) is 0 Å². The van der Waals surface area contributed by atoms with E-state index in [9.17, 15) is 15.0 Å². The van der Waals surface area contributed by atoms with Crippen molar-refractivity contribution in [3.05, 3.63) is 72.5 Å². The molecule has 2 aromatic carbocycles. The number of thiazole rings is 1. The molecule has 5 nitrogen and oxygen atoms in total. The summed E-state index contributed by atoms with van der Waals surface area (Å²) in [5.74, 6) is 1.27. The second kappa shape index (κ2) is 11.1. The summed E-state index contributed by atoms with van der Waals surface area (Å²) in [4.78, 5) is 14.4. The second-order valence-corrected chi connectivity index (χ2v) is 14.0. The number of ether oxygens (including phenoxy) is 1. The minimum atomic E-state index is -0.241. The number of rotatable bonds is 9. The van der Waals surface area contributed by atoms with Gasteiger partial charge in [-0.1, -0.05) is 71.1 Å². The van der Waals surface area contributed by atoms with Crippen LogP contribution in [0.1, 0.15) is 87.9 Å². The van der Waals surface area contributed by atoms with Crippen molar-refractivity contribution in [3.8, 4) is 17.4 Å². The maximum Gasteiger partial charge on any atom is 0.307 e. The van der Waals surface area contributed by atoms with E-state index in [1.807, 2.05) is 12.1 Å². The average Bonchev–Trinajstić information content (AvgIpc) is 3.43. The summed E-state index contributed by atoms with van der Waals surface area (Å²) in [5.41, 5.74) is 4.18. The molecule has 0 unspecified atom stereocenters. The van der Waals surface area contributed by atoms with Gasteiger partial charge in [0.05, 0.1) is 11.5 Å². The molecule has 0 amide bonds. The molecule has 0 fully saturated rings. The van der Waals surface area contributed by atoms with Crippen LogP contribution in [0.3, 0.4) is 0 Å². The molecule has 4 rings (SSSR count). The Hall–Kier alpha value is -2.77. The van der Waals surface area contributed by atoms with Crippen molar-refractivity contribution in [2.24, 2.45) is 0 Å². The molecule has 0 saturated heterocycles. The first-order valence-electron chi connectivity index (χ1n) is 13.2. The minimum Gasteiger partial charge on any atom is -0.507 e. The number of unbranched alkanes of at least 4 members (excludes halogenated alkanes) is 2. The van der Waals surface area contributed by atoms with Crippen molar-refractivity contribution in [3.63, 3.8) is 0 Å². The van der Waals surface area contributed by atoms with Crippen LogP contribution in [0.4, 0.5) is 0 Å². The normalized spacial score (nSPS) is 12.4. The lowest BCUT2D eigenvalue weighted by Gasteiger charge is -2.28. The zero-order valence-corrected chi connectivity index (χ0v) is 24.9. The fraction of sp³-hybridized carbons (Fsp3) is 0.452. The molecule has 0 radical (unpaired) electrons. The van der Waals surface area contributed by atoms with Gasteiger partial charge in [-0.05, 0) is 76.3 Å². The number of aromatic hydroxyl groups is 2. The zero-order valence-electron chi connectivity index (χ0n) is 23.2. The first-order chi connectivity index (χ1) is 17.8. The molecule has 0 spiro atoms. The van der Waals surface area contributed by atoms with Crippen molar-refractivity contribution in [2.45, 2.75) is 84.5 Å². The summed E-state index contributed by atoms with van der Waals surface area (Å²) >= 11 is 2.70. The maximum atomic E-state index is 11.5. The van der Waals surface area contributed by atoms with Gasteiger partial charge >= 0.3 is 4.87 Å². The highest BCUT2D eigenvalue weighted by molar-refractivity contribution is 7.17. The van der Waals surface area contributed by atoms with Crippen LogP contribution < -0.4 is 9.61 Å². The highest BCUT2D eigenvalue weighted by Crippen LogP contribution is 2.40. The highest BCUT2D eigenvalue weighted by atomic mass is 32.1. The number of aromatic amines is 1. The number of H-pyrrole nitrogens is 1. The van der Waals surface area contributed by atoms with Gasteiger partial charge in [0.1, 0.15) is 11.5 Å². The van der Waals surface area contributed by atoms with Gasteiger partial charge in [0, 0.05) is 16.5 Å². The molecule has 2 aromatic heterocycles. The molecule has 204 valence electrons. The number of hydrogen-bond donors (Lipinski definition) is 3. The number of fused-ring (bicyclic) bond motifs is 1. The third kappa shape index (κ3) is 6.44. The molecular formula is C31H39NO4S2. The average molecular weight is 554 g/mol. The fourth-order valence-electron chi connectivity index (χ4n) is 4.78. The Morgan fingerprint density at radius 2 is 1.61 bits per heavy atom. The number of phenolic OH excluding ortho intramolecular Hbond substituents is 1. The van der Waals surface area contributed by atoms with Gasteiger partial charge in [-0.15, -0.1) is 11.3 Å². The fourth-order valence-corrected chi connectivity index (χ4v) is 6.45. The molecule has 0 aliphatic carbocycles. The summed E-state index contributed by atoms with van der Waals surface area (Å²) in [6.45, 7) is 13.6. The smallest absolute Gasteiger partial charge is 0.307 e. The van der Waals surface area contributed by atoms with Crippen LogP contribution in [0.15, 0.2) is 40.5 Å². The Labute approximate surface area is 233 Å². The van der Waals surface area contributed by atoms with E-state index in [1.54, 1.807) is 11.3 Å². The number of aryl methyl sites for hydroxylation is 1. The second-order valence-electron chi connectivity index (χ2n) is 12.0. The van der Waals surface area contributed by atoms with Crippen LogP contribution >= 0.6 is 22.7 Å². The molecule has 4 aromatic rings. The van der Waals surface area contributed by atoms with Crippen LogP contribution in [0.25, 0.3) is 10.1 Å². The van der Waals surface area contributed by atoms with Crippen molar-refractivity contribution in [1.29, 1.82) is 0 Å². The lowest BCUT2D eigenvalue weighted by molar-refractivity contribution is 0.309. The van der Waals surface area contributed by atoms with Crippen molar-refractivity contribution < 1.29 is 14.9 Å². The van der Waals surface area contributed by atoms with Crippen molar-refractivity contribution in [2.75, 3.05) is 6.61 Å². The summed E-state index contributed by atoms with van der Waals surface area (Å²) < 4.78 is 7.30. The Kier molecular flexibility index (Phi) is 8.29. The topological polar surface area (TPSA) is 82.6 Å². The van der Waals surface area contributed by atoms with Crippen LogP contribution in [0.5, 0.6) is 17.4 Å². The molecule has 0 saturated carbocycles. The minimum absolute atomic E-state index is 0.0402. The van der Waals surface area contributed by atoms with Crippen molar-refractivity contribution in [1.82, 2.24) is 4.98 Å². The van der Waals surface area contributed by atoms with Crippen LogP contribution in [0, 0.1) is 0 Å². The van der Waals surface area contributed by atoms with Gasteiger partial charge in [0.25, 0.3) is 0 Å². The molecule has 0 aliphatic rings. The summed E-state index contributed by atoms with van der Waals surface area (Å²) in [6.07, 6.45) is 4.59. The number of thiophene rings is 1. The van der Waals surface area contributed by atoms with Gasteiger partial charge in [-0.3, -0.25) is 9.78 Å². The molecule has 2 heterocycles. The largest absolute Gasteiger partial charge is 0.507 e. The van der Waals surface area contributed by atoms with E-state index in [0.29, 0.717) is 23.7 Å². The molecule has 3 N–H and O–H groups in total. The van der Waals surface area contributed by atoms with Crippen LogP contribution in [-0.4, -0.2) is 21.8 Å². The Balaban J connectivity index is 1.34. The molecule has 38 heavy (non-hydrogen) atoms. The van der Waals surface area contributed by atoms with E-state index in [4.69, 9.17) is 4.74 Å². The van der Waals surface area contributed by atoms with Gasteiger partial charge in [-0.25, -0.2) is 0 Å². The number of phenols is 1. The molecule has 0 aliphatic heterocycles. The summed E-state index contributed by atoms with van der Waals surface area (Å²) in [7, 11) is 0. The first-order valence-corrected chi connectivity index (χ1v) is 14.9. The molecule has 7 heteroatoms. The molecular weight excluding hydrogens is 514 g/mol.